The Morgan fingerprint density at radius 2 is 1.95 bits per heavy atom. The van der Waals surface area contributed by atoms with Crippen LogP contribution >= 0.6 is 23.2 Å². The van der Waals surface area contributed by atoms with Crippen molar-refractivity contribution in [2.75, 3.05) is 39.4 Å². The fraction of sp³-hybridized carbons (Fsp3) is 0.429. The summed E-state index contributed by atoms with van der Waals surface area (Å²) in [5.41, 5.74) is 2.51. The second-order valence-electron chi connectivity index (χ2n) is 9.63. The molecular formula is C28H30Cl2N4O5. The fourth-order valence-electron chi connectivity index (χ4n) is 5.04. The van der Waals surface area contributed by atoms with E-state index in [1.165, 1.54) is 20.3 Å². The molecule has 11 heteroatoms. The number of allylic oxidation sites excluding steroid dienone is 1. The highest BCUT2D eigenvalue weighted by atomic mass is 35.5. The van der Waals surface area contributed by atoms with Gasteiger partial charge in [-0.25, -0.2) is 9.97 Å². The van der Waals surface area contributed by atoms with E-state index in [0.717, 1.165) is 30.5 Å². The van der Waals surface area contributed by atoms with Crippen molar-refractivity contribution in [3.8, 4) is 22.8 Å². The number of hydrogen-bond donors (Lipinski definition) is 1. The van der Waals surface area contributed by atoms with Crippen LogP contribution in [0.15, 0.2) is 31.0 Å². The number of anilines is 1. The molecule has 2 fully saturated rings. The normalized spacial score (nSPS) is 20.8. The molecule has 5 rings (SSSR count). The zero-order chi connectivity index (χ0) is 27.5. The van der Waals surface area contributed by atoms with Crippen molar-refractivity contribution in [1.29, 1.82) is 0 Å². The molecule has 9 nitrogen and oxygen atoms in total. The van der Waals surface area contributed by atoms with Gasteiger partial charge in [0.1, 0.15) is 11.5 Å². The SMILES string of the molecule is C=CC(=O)C[C@H]1COC[C@H]1Nc1ncc2cc(-c3c(Cl)c(OC)cc(OC)c3Cl)nc(CC3CCCO3)c2n1. The molecule has 2 aromatic heterocycles. The monoisotopic (exact) mass is 572 g/mol. The lowest BCUT2D eigenvalue weighted by atomic mass is 9.97. The summed E-state index contributed by atoms with van der Waals surface area (Å²) in [5.74, 6) is 1.29. The zero-order valence-electron chi connectivity index (χ0n) is 21.8. The van der Waals surface area contributed by atoms with Gasteiger partial charge in [0.05, 0.1) is 66.5 Å². The number of ketones is 1. The number of nitrogens with zero attached hydrogens (tertiary/aromatic N) is 3. The molecule has 39 heavy (non-hydrogen) atoms. The number of nitrogens with one attached hydrogen (secondary N) is 1. The van der Waals surface area contributed by atoms with Gasteiger partial charge in [0.15, 0.2) is 5.78 Å². The maximum atomic E-state index is 11.9. The predicted octanol–water partition coefficient (Wildman–Crippen LogP) is 5.31. The Balaban J connectivity index is 1.56. The van der Waals surface area contributed by atoms with Crippen LogP contribution in [0.1, 0.15) is 25.0 Å². The third-order valence-electron chi connectivity index (χ3n) is 7.12. The molecule has 4 heterocycles. The molecule has 2 aliphatic heterocycles. The average Bonchev–Trinajstić information content (AvgIpc) is 3.61. The van der Waals surface area contributed by atoms with Crippen LogP contribution in [0.2, 0.25) is 10.0 Å². The second-order valence-corrected chi connectivity index (χ2v) is 10.4. The van der Waals surface area contributed by atoms with E-state index in [1.807, 2.05) is 6.07 Å². The summed E-state index contributed by atoms with van der Waals surface area (Å²) in [6.07, 6.45) is 5.99. The molecule has 0 amide bonds. The Morgan fingerprint density at radius 3 is 2.62 bits per heavy atom. The quantitative estimate of drug-likeness (QED) is 0.323. The Hall–Kier alpha value is -2.98. The standard InChI is InChI=1S/C28H30Cl2N4O5/c1-4-17(35)8-16-13-38-14-21(16)33-28-31-12-15-9-19(24-25(29)22(36-2)11-23(37-3)26(24)30)32-20(27(15)34-28)10-18-6-5-7-39-18/h4,9,11-12,16,18,21H,1,5-8,10,13-14H2,2-3H3,(H,31,33,34)/t16-,18?,21+/m0/s1. The molecular weight excluding hydrogens is 543 g/mol. The number of fused-ring (bicyclic) bond motifs is 1. The van der Waals surface area contributed by atoms with Gasteiger partial charge >= 0.3 is 0 Å². The molecule has 206 valence electrons. The van der Waals surface area contributed by atoms with E-state index in [2.05, 4.69) is 16.9 Å². The van der Waals surface area contributed by atoms with E-state index in [-0.39, 0.29) is 23.8 Å². The number of carbonyl (C=O) groups is 1. The van der Waals surface area contributed by atoms with Crippen molar-refractivity contribution in [2.45, 2.75) is 37.8 Å². The van der Waals surface area contributed by atoms with E-state index in [4.69, 9.17) is 52.1 Å². The topological polar surface area (TPSA) is 105 Å². The summed E-state index contributed by atoms with van der Waals surface area (Å²) in [4.78, 5) is 26.3. The third kappa shape index (κ3) is 5.82. The molecule has 3 aromatic rings. The Labute approximate surface area is 236 Å². The first-order valence-electron chi connectivity index (χ1n) is 12.8. The average molecular weight is 573 g/mol. The molecule has 1 N–H and O–H groups in total. The molecule has 1 unspecified atom stereocenters. The van der Waals surface area contributed by atoms with Crippen molar-refractivity contribution < 1.29 is 23.7 Å². The smallest absolute Gasteiger partial charge is 0.223 e. The summed E-state index contributed by atoms with van der Waals surface area (Å²) >= 11 is 13.4. The molecule has 0 radical (unpaired) electrons. The Bertz CT molecular complexity index is 1370. The van der Waals surface area contributed by atoms with Crippen LogP contribution in [0, 0.1) is 5.92 Å². The lowest BCUT2D eigenvalue weighted by Gasteiger charge is -2.19. The number of aromatic nitrogens is 3. The molecule has 2 saturated heterocycles. The van der Waals surface area contributed by atoms with Crippen molar-refractivity contribution in [2.24, 2.45) is 5.92 Å². The maximum Gasteiger partial charge on any atom is 0.223 e. The van der Waals surface area contributed by atoms with Gasteiger partial charge in [-0.05, 0) is 25.0 Å². The summed E-state index contributed by atoms with van der Waals surface area (Å²) in [6.45, 7) is 5.25. The summed E-state index contributed by atoms with van der Waals surface area (Å²) in [6, 6.07) is 3.41. The minimum atomic E-state index is -0.0953. The summed E-state index contributed by atoms with van der Waals surface area (Å²) in [5, 5.41) is 4.80. The van der Waals surface area contributed by atoms with Crippen molar-refractivity contribution >= 4 is 45.8 Å². The highest BCUT2D eigenvalue weighted by Gasteiger charge is 2.30. The van der Waals surface area contributed by atoms with E-state index in [1.54, 1.807) is 12.3 Å². The van der Waals surface area contributed by atoms with Gasteiger partial charge in [0.2, 0.25) is 5.95 Å². The number of benzene rings is 1. The number of methoxy groups -OCH3 is 2. The first-order chi connectivity index (χ1) is 18.9. The summed E-state index contributed by atoms with van der Waals surface area (Å²) < 4.78 is 22.5. The fourth-order valence-corrected chi connectivity index (χ4v) is 5.74. The van der Waals surface area contributed by atoms with E-state index < -0.39 is 0 Å². The minimum Gasteiger partial charge on any atom is -0.495 e. The van der Waals surface area contributed by atoms with E-state index in [0.29, 0.717) is 70.3 Å². The number of pyridine rings is 1. The summed E-state index contributed by atoms with van der Waals surface area (Å²) in [7, 11) is 3.06. The number of ether oxygens (including phenoxy) is 4. The first-order valence-corrected chi connectivity index (χ1v) is 13.6. The second kappa shape index (κ2) is 12.0. The van der Waals surface area contributed by atoms with Crippen LogP contribution in [0.25, 0.3) is 22.2 Å². The highest BCUT2D eigenvalue weighted by Crippen LogP contribution is 2.46. The first kappa shape index (κ1) is 27.6. The molecule has 1 aromatic carbocycles. The lowest BCUT2D eigenvalue weighted by Crippen LogP contribution is -2.30. The Morgan fingerprint density at radius 1 is 1.18 bits per heavy atom. The Kier molecular flexibility index (Phi) is 8.52. The van der Waals surface area contributed by atoms with Crippen LogP contribution in [0.4, 0.5) is 5.95 Å². The van der Waals surface area contributed by atoms with Gasteiger partial charge in [0.25, 0.3) is 0 Å². The minimum absolute atomic E-state index is 0.00832. The van der Waals surface area contributed by atoms with Gasteiger partial charge in [-0.15, -0.1) is 0 Å². The third-order valence-corrected chi connectivity index (χ3v) is 7.87. The molecule has 3 atom stereocenters. The maximum absolute atomic E-state index is 11.9. The number of hydrogen-bond acceptors (Lipinski definition) is 9. The molecule has 0 aliphatic carbocycles. The molecule has 0 bridgehead atoms. The number of carbonyl (C=O) groups excluding carboxylic acids is 1. The van der Waals surface area contributed by atoms with Crippen molar-refractivity contribution in [3.63, 3.8) is 0 Å². The van der Waals surface area contributed by atoms with Crippen LogP contribution in [0.3, 0.4) is 0 Å². The lowest BCUT2D eigenvalue weighted by molar-refractivity contribution is -0.115. The predicted molar refractivity (Wildman–Crippen MR) is 150 cm³/mol. The zero-order valence-corrected chi connectivity index (χ0v) is 23.3. The molecule has 2 aliphatic rings. The van der Waals surface area contributed by atoms with Gasteiger partial charge < -0.3 is 24.3 Å². The van der Waals surface area contributed by atoms with Crippen molar-refractivity contribution in [1.82, 2.24) is 15.0 Å². The van der Waals surface area contributed by atoms with E-state index >= 15 is 0 Å². The van der Waals surface area contributed by atoms with Gasteiger partial charge in [-0.1, -0.05) is 29.8 Å². The van der Waals surface area contributed by atoms with Crippen LogP contribution in [0.5, 0.6) is 11.5 Å². The van der Waals surface area contributed by atoms with Gasteiger partial charge in [0, 0.05) is 48.6 Å². The number of rotatable bonds is 10. The van der Waals surface area contributed by atoms with Crippen LogP contribution in [-0.2, 0) is 20.7 Å². The van der Waals surface area contributed by atoms with Gasteiger partial charge in [-0.3, -0.25) is 9.78 Å². The molecule has 0 saturated carbocycles. The highest BCUT2D eigenvalue weighted by molar-refractivity contribution is 6.41. The number of halogens is 2. The largest absolute Gasteiger partial charge is 0.495 e. The van der Waals surface area contributed by atoms with Crippen molar-refractivity contribution in [3.05, 3.63) is 46.7 Å². The molecule has 0 spiro atoms. The van der Waals surface area contributed by atoms with E-state index in [9.17, 15) is 4.79 Å². The van der Waals surface area contributed by atoms with Crippen LogP contribution < -0.4 is 14.8 Å². The van der Waals surface area contributed by atoms with Crippen LogP contribution in [-0.4, -0.2) is 66.9 Å². The van der Waals surface area contributed by atoms with Gasteiger partial charge in [-0.2, -0.15) is 0 Å².